The number of anilines is 1. The molecule has 130 valence electrons. The lowest BCUT2D eigenvalue weighted by molar-refractivity contribution is 0.0842. The van der Waals surface area contributed by atoms with Crippen LogP contribution in [0.25, 0.3) is 22.2 Å². The van der Waals surface area contributed by atoms with Gasteiger partial charge in [-0.15, -0.1) is 0 Å². The van der Waals surface area contributed by atoms with Crippen LogP contribution in [0.5, 0.6) is 0 Å². The lowest BCUT2D eigenvalue weighted by atomic mass is 10.1. The highest BCUT2D eigenvalue weighted by molar-refractivity contribution is 8.32. The molecule has 1 aromatic carbocycles. The van der Waals surface area contributed by atoms with Crippen molar-refractivity contribution in [2.45, 2.75) is 6.73 Å². The Balaban J connectivity index is 1.91. The molecule has 0 aliphatic carbocycles. The van der Waals surface area contributed by atoms with Crippen molar-refractivity contribution >= 4 is 26.6 Å². The van der Waals surface area contributed by atoms with Gasteiger partial charge in [-0.1, -0.05) is 0 Å². The zero-order chi connectivity index (χ0) is 17.3. The van der Waals surface area contributed by atoms with E-state index in [0.29, 0.717) is 17.8 Å². The number of nitrogens with zero attached hydrogens (tertiary/aromatic N) is 2. The van der Waals surface area contributed by atoms with Crippen LogP contribution < -0.4 is 5.73 Å². The van der Waals surface area contributed by atoms with Gasteiger partial charge in [-0.2, -0.15) is 5.10 Å². The zero-order valence-electron chi connectivity index (χ0n) is 14.1. The Morgan fingerprint density at radius 1 is 1.33 bits per heavy atom. The van der Waals surface area contributed by atoms with E-state index in [1.165, 1.54) is 6.07 Å². The molecule has 0 fully saturated rings. The van der Waals surface area contributed by atoms with Gasteiger partial charge in [0, 0.05) is 22.8 Å². The van der Waals surface area contributed by atoms with E-state index in [4.69, 9.17) is 14.9 Å². The minimum atomic E-state index is -0.607. The number of rotatable bonds is 6. The molecule has 2 aromatic heterocycles. The molecule has 0 spiro atoms. The Bertz CT molecular complexity index is 838. The molecule has 2 heterocycles. The minimum absolute atomic E-state index is 0.101. The predicted molar refractivity (Wildman–Crippen MR) is 98.0 cm³/mol. The van der Waals surface area contributed by atoms with Crippen molar-refractivity contribution in [3.8, 4) is 11.3 Å². The van der Waals surface area contributed by atoms with Crippen LogP contribution in [0.1, 0.15) is 0 Å². The van der Waals surface area contributed by atoms with Crippen LogP contribution in [-0.4, -0.2) is 40.9 Å². The molecular weight excluding hydrogens is 329 g/mol. The number of halogens is 1. The van der Waals surface area contributed by atoms with Gasteiger partial charge in [0.2, 0.25) is 0 Å². The summed E-state index contributed by atoms with van der Waals surface area (Å²) in [5.74, 6) is 0.559. The second-order valence-corrected chi connectivity index (χ2v) is 11.2. The van der Waals surface area contributed by atoms with Crippen LogP contribution in [0, 0.1) is 5.82 Å². The highest BCUT2D eigenvalue weighted by Gasteiger charge is 2.16. The molecule has 0 saturated heterocycles. The fourth-order valence-corrected chi connectivity index (χ4v) is 3.00. The third kappa shape index (κ3) is 3.57. The van der Waals surface area contributed by atoms with Crippen LogP contribution in [0.2, 0.25) is 0 Å². The summed E-state index contributed by atoms with van der Waals surface area (Å²) in [4.78, 5) is 0. The number of benzene rings is 1. The maximum atomic E-state index is 13.9. The minimum Gasteiger partial charge on any atom is -0.472 e. The first kappa shape index (κ1) is 16.9. The van der Waals surface area contributed by atoms with E-state index in [0.717, 1.165) is 16.7 Å². The van der Waals surface area contributed by atoms with Crippen molar-refractivity contribution in [3.05, 3.63) is 36.5 Å². The number of ether oxygens (including phenoxy) is 1. The fourth-order valence-electron chi connectivity index (χ4n) is 2.38. The number of furan rings is 1. The van der Waals surface area contributed by atoms with Gasteiger partial charge in [-0.05, 0) is 30.9 Å². The van der Waals surface area contributed by atoms with Gasteiger partial charge in [0.05, 0.1) is 30.3 Å². The van der Waals surface area contributed by atoms with Gasteiger partial charge in [0.25, 0.3) is 0 Å². The second kappa shape index (κ2) is 6.49. The molecule has 0 radical (unpaired) electrons. The highest BCUT2D eigenvalue weighted by atomic mass is 32.3. The van der Waals surface area contributed by atoms with Gasteiger partial charge in [0.1, 0.15) is 18.2 Å². The SMILES string of the molecule is CS(C)(C)CCOCn1nc(-c2ccoc2)c2cc(N)c(F)cc21. The lowest BCUT2D eigenvalue weighted by Crippen LogP contribution is -2.10. The zero-order valence-corrected chi connectivity index (χ0v) is 14.9. The van der Waals surface area contributed by atoms with Crippen molar-refractivity contribution in [2.75, 3.05) is 36.9 Å². The first-order chi connectivity index (χ1) is 11.3. The average molecular weight is 351 g/mol. The molecule has 3 aromatic rings. The van der Waals surface area contributed by atoms with Gasteiger partial charge in [0.15, 0.2) is 0 Å². The molecule has 0 bridgehead atoms. The Kier molecular flexibility index (Phi) is 4.56. The quantitative estimate of drug-likeness (QED) is 0.543. The first-order valence-corrected chi connectivity index (χ1v) is 10.6. The van der Waals surface area contributed by atoms with Gasteiger partial charge >= 0.3 is 0 Å². The largest absolute Gasteiger partial charge is 0.472 e. The number of aromatic nitrogens is 2. The Hall–Kier alpha value is -1.99. The third-order valence-electron chi connectivity index (χ3n) is 3.72. The highest BCUT2D eigenvalue weighted by Crippen LogP contribution is 2.34. The van der Waals surface area contributed by atoms with Crippen LogP contribution in [0.3, 0.4) is 0 Å². The molecule has 0 unspecified atom stereocenters. The molecular formula is C17H22FN3O2S. The number of fused-ring (bicyclic) bond motifs is 1. The third-order valence-corrected chi connectivity index (χ3v) is 5.11. The first-order valence-electron chi connectivity index (χ1n) is 7.57. The van der Waals surface area contributed by atoms with E-state index < -0.39 is 15.8 Å². The van der Waals surface area contributed by atoms with Gasteiger partial charge < -0.3 is 14.9 Å². The van der Waals surface area contributed by atoms with Crippen molar-refractivity contribution < 1.29 is 13.5 Å². The van der Waals surface area contributed by atoms with Crippen molar-refractivity contribution in [1.29, 1.82) is 0 Å². The number of hydrogen-bond donors (Lipinski definition) is 1. The van der Waals surface area contributed by atoms with Crippen molar-refractivity contribution in [1.82, 2.24) is 9.78 Å². The van der Waals surface area contributed by atoms with E-state index in [2.05, 4.69) is 23.9 Å². The summed E-state index contributed by atoms with van der Waals surface area (Å²) >= 11 is 0. The molecule has 24 heavy (non-hydrogen) atoms. The Morgan fingerprint density at radius 3 is 2.79 bits per heavy atom. The summed E-state index contributed by atoms with van der Waals surface area (Å²) in [6.45, 7) is 0.923. The number of nitrogens with two attached hydrogens (primary N) is 1. The summed E-state index contributed by atoms with van der Waals surface area (Å²) < 4.78 is 26.5. The molecule has 7 heteroatoms. The van der Waals surface area contributed by atoms with E-state index in [1.54, 1.807) is 23.3 Å². The summed E-state index contributed by atoms with van der Waals surface area (Å²) in [5.41, 5.74) is 8.00. The second-order valence-electron chi connectivity index (χ2n) is 6.58. The molecule has 0 aliphatic rings. The van der Waals surface area contributed by atoms with E-state index in [1.807, 2.05) is 6.07 Å². The molecule has 2 N–H and O–H groups in total. The lowest BCUT2D eigenvalue weighted by Gasteiger charge is -2.24. The van der Waals surface area contributed by atoms with Crippen molar-refractivity contribution in [3.63, 3.8) is 0 Å². The number of nitrogen functional groups attached to an aromatic ring is 1. The molecule has 3 rings (SSSR count). The smallest absolute Gasteiger partial charge is 0.148 e. The molecule has 0 aliphatic heterocycles. The predicted octanol–water partition coefficient (Wildman–Crippen LogP) is 3.69. The van der Waals surface area contributed by atoms with Crippen molar-refractivity contribution in [2.24, 2.45) is 0 Å². The van der Waals surface area contributed by atoms with Crippen LogP contribution in [0.4, 0.5) is 10.1 Å². The molecule has 0 saturated carbocycles. The maximum absolute atomic E-state index is 13.9. The summed E-state index contributed by atoms with van der Waals surface area (Å²) in [7, 11) is -0.607. The fraction of sp³-hybridized carbons (Fsp3) is 0.353. The van der Waals surface area contributed by atoms with E-state index >= 15 is 0 Å². The van der Waals surface area contributed by atoms with E-state index in [9.17, 15) is 4.39 Å². The monoisotopic (exact) mass is 351 g/mol. The Labute approximate surface area is 141 Å². The normalized spacial score (nSPS) is 12.8. The standard InChI is InChI=1S/C17H22FN3O2S/c1-24(2,3)7-6-23-11-21-16-9-14(18)15(19)8-13(16)17(20-21)12-4-5-22-10-12/h4-5,8-10H,6-7,11,19H2,1-3H3. The Morgan fingerprint density at radius 2 is 2.12 bits per heavy atom. The summed E-state index contributed by atoms with van der Waals surface area (Å²) in [6.07, 6.45) is 9.92. The van der Waals surface area contributed by atoms with Gasteiger partial charge in [-0.3, -0.25) is 0 Å². The molecule has 0 amide bonds. The molecule has 0 atom stereocenters. The number of hydrogen-bond acceptors (Lipinski definition) is 4. The average Bonchev–Trinajstić information content (AvgIpc) is 3.12. The van der Waals surface area contributed by atoms with Crippen LogP contribution in [-0.2, 0) is 11.5 Å². The van der Waals surface area contributed by atoms with Gasteiger partial charge in [-0.25, -0.2) is 19.1 Å². The molecule has 5 nitrogen and oxygen atoms in total. The van der Waals surface area contributed by atoms with Crippen LogP contribution in [0.15, 0.2) is 35.1 Å². The maximum Gasteiger partial charge on any atom is 0.148 e. The van der Waals surface area contributed by atoms with E-state index in [-0.39, 0.29) is 12.4 Å². The topological polar surface area (TPSA) is 66.2 Å². The summed E-state index contributed by atoms with van der Waals surface area (Å²) in [6, 6.07) is 4.82. The van der Waals surface area contributed by atoms with Crippen LogP contribution >= 0.6 is 10.0 Å². The summed E-state index contributed by atoms with van der Waals surface area (Å²) in [5, 5.41) is 5.34.